The number of aldehydes is 1. The van der Waals surface area contributed by atoms with Gasteiger partial charge in [-0.2, -0.15) is 0 Å². The number of amides is 2. The van der Waals surface area contributed by atoms with Crippen molar-refractivity contribution in [2.24, 2.45) is 5.92 Å². The molecule has 10 heteroatoms. The van der Waals surface area contributed by atoms with Crippen molar-refractivity contribution in [1.29, 1.82) is 0 Å². The molecule has 5 atom stereocenters. The summed E-state index contributed by atoms with van der Waals surface area (Å²) < 4.78 is 17.2. The average Bonchev–Trinajstić information content (AvgIpc) is 3.64. The van der Waals surface area contributed by atoms with Crippen LogP contribution < -0.4 is 14.8 Å². The van der Waals surface area contributed by atoms with E-state index in [1.165, 1.54) is 13.2 Å². The Labute approximate surface area is 232 Å². The molecule has 0 saturated carbocycles. The summed E-state index contributed by atoms with van der Waals surface area (Å²) in [6.07, 6.45) is 0.744. The molecule has 1 saturated heterocycles. The third-order valence-electron chi connectivity index (χ3n) is 7.81. The Morgan fingerprint density at radius 2 is 2.00 bits per heavy atom. The van der Waals surface area contributed by atoms with E-state index in [0.29, 0.717) is 48.5 Å². The molecule has 5 rings (SSSR count). The molecule has 0 bridgehead atoms. The Kier molecular flexibility index (Phi) is 8.20. The van der Waals surface area contributed by atoms with Crippen molar-refractivity contribution in [2.45, 2.75) is 44.1 Å². The van der Waals surface area contributed by atoms with E-state index >= 15 is 0 Å². The van der Waals surface area contributed by atoms with Crippen LogP contribution in [0.4, 0.5) is 0 Å². The molecule has 2 heterocycles. The highest BCUT2D eigenvalue weighted by molar-refractivity contribution is 5.96. The second-order valence-electron chi connectivity index (χ2n) is 10.4. The monoisotopic (exact) mass is 550 g/mol. The van der Waals surface area contributed by atoms with Crippen LogP contribution in [-0.2, 0) is 20.9 Å². The van der Waals surface area contributed by atoms with E-state index < -0.39 is 30.1 Å². The molecule has 1 fully saturated rings. The fraction of sp³-hybridized carbons (Fsp3) is 0.433. The van der Waals surface area contributed by atoms with E-state index in [1.807, 2.05) is 31.2 Å². The third kappa shape index (κ3) is 5.22. The fourth-order valence-electron chi connectivity index (χ4n) is 5.74. The quantitative estimate of drug-likeness (QED) is 0.400. The van der Waals surface area contributed by atoms with Crippen molar-refractivity contribution in [2.75, 3.05) is 33.5 Å². The van der Waals surface area contributed by atoms with Crippen LogP contribution >= 0.6 is 0 Å². The minimum Gasteiger partial charge on any atom is -0.493 e. The second kappa shape index (κ2) is 11.8. The first kappa shape index (κ1) is 27.8. The number of hydrogen-bond acceptors (Lipinski definition) is 8. The van der Waals surface area contributed by atoms with Gasteiger partial charge in [0.05, 0.1) is 38.2 Å². The summed E-state index contributed by atoms with van der Waals surface area (Å²) in [7, 11) is 1.45. The number of nitrogens with zero attached hydrogens (tertiary/aromatic N) is 1. The van der Waals surface area contributed by atoms with Crippen LogP contribution in [0.5, 0.6) is 11.5 Å². The molecule has 1 aliphatic carbocycles. The zero-order valence-corrected chi connectivity index (χ0v) is 22.5. The number of aliphatic hydroxyl groups excluding tert-OH is 2. The average molecular weight is 551 g/mol. The Hall–Kier alpha value is -3.73. The lowest BCUT2D eigenvalue weighted by Gasteiger charge is -2.41. The number of rotatable bonds is 9. The van der Waals surface area contributed by atoms with Crippen LogP contribution in [0.2, 0.25) is 0 Å². The minimum atomic E-state index is -1.20. The summed E-state index contributed by atoms with van der Waals surface area (Å²) in [4.78, 5) is 40.6. The number of aryl methyl sites for hydroxylation is 1. The van der Waals surface area contributed by atoms with Crippen molar-refractivity contribution in [3.05, 3.63) is 70.3 Å². The van der Waals surface area contributed by atoms with E-state index in [1.54, 1.807) is 17.0 Å². The van der Waals surface area contributed by atoms with Gasteiger partial charge in [-0.15, -0.1) is 0 Å². The van der Waals surface area contributed by atoms with Crippen molar-refractivity contribution >= 4 is 18.1 Å². The predicted octanol–water partition coefficient (Wildman–Crippen LogP) is 1.50. The maximum atomic E-state index is 13.9. The Morgan fingerprint density at radius 3 is 2.65 bits per heavy atom. The van der Waals surface area contributed by atoms with E-state index in [2.05, 4.69) is 5.32 Å². The van der Waals surface area contributed by atoms with Gasteiger partial charge < -0.3 is 34.6 Å². The molecule has 10 nitrogen and oxygen atoms in total. The molecule has 3 aliphatic rings. The molecule has 2 aromatic rings. The van der Waals surface area contributed by atoms with Gasteiger partial charge in [0.2, 0.25) is 11.8 Å². The summed E-state index contributed by atoms with van der Waals surface area (Å²) in [5, 5.41) is 23.8. The molecule has 2 amide bonds. The lowest BCUT2D eigenvalue weighted by molar-refractivity contribution is -0.142. The number of carbonyl (C=O) groups is 3. The Bertz CT molecular complexity index is 1300. The minimum absolute atomic E-state index is 0.0254. The molecule has 3 N–H and O–H groups in total. The molecule has 0 aromatic heterocycles. The van der Waals surface area contributed by atoms with Crippen molar-refractivity contribution in [1.82, 2.24) is 10.2 Å². The van der Waals surface area contributed by atoms with Gasteiger partial charge in [-0.1, -0.05) is 29.8 Å². The third-order valence-corrected chi connectivity index (χ3v) is 7.81. The van der Waals surface area contributed by atoms with Gasteiger partial charge in [0.25, 0.3) is 0 Å². The van der Waals surface area contributed by atoms with Gasteiger partial charge in [0.15, 0.2) is 11.5 Å². The van der Waals surface area contributed by atoms with Gasteiger partial charge in [-0.25, -0.2) is 0 Å². The predicted molar refractivity (Wildman–Crippen MR) is 144 cm³/mol. The molecule has 5 unspecified atom stereocenters. The summed E-state index contributed by atoms with van der Waals surface area (Å²) in [6.45, 7) is 2.73. The normalized spacial score (nSPS) is 24.8. The molecule has 0 spiro atoms. The van der Waals surface area contributed by atoms with Crippen LogP contribution in [0.3, 0.4) is 0 Å². The SMILES string of the molecule is COc1cc(C=O)cc2c1OC1C2C(C(=O)NCCO)=CC(N(Cc2ccc(C)cc2)C(=O)C2CCOC2)C1O. The number of methoxy groups -OCH3 is 1. The zero-order chi connectivity index (χ0) is 28.4. The number of ether oxygens (including phenoxy) is 3. The Balaban J connectivity index is 1.60. The van der Waals surface area contributed by atoms with Crippen LogP contribution in [0.25, 0.3) is 0 Å². The number of aliphatic hydroxyl groups is 2. The number of fused-ring (bicyclic) bond motifs is 3. The molecule has 2 aromatic carbocycles. The molecule has 2 aliphatic heterocycles. The summed E-state index contributed by atoms with van der Waals surface area (Å²) >= 11 is 0. The lowest BCUT2D eigenvalue weighted by atomic mass is 9.77. The van der Waals surface area contributed by atoms with E-state index in [9.17, 15) is 24.6 Å². The summed E-state index contributed by atoms with van der Waals surface area (Å²) in [6, 6.07) is 10.1. The van der Waals surface area contributed by atoms with Gasteiger partial charge in [-0.05, 0) is 37.1 Å². The number of hydrogen-bond donors (Lipinski definition) is 3. The van der Waals surface area contributed by atoms with Crippen molar-refractivity contribution in [3.63, 3.8) is 0 Å². The first-order chi connectivity index (χ1) is 19.4. The fourth-order valence-corrected chi connectivity index (χ4v) is 5.74. The van der Waals surface area contributed by atoms with Crippen molar-refractivity contribution in [3.8, 4) is 11.5 Å². The first-order valence-corrected chi connectivity index (χ1v) is 13.4. The lowest BCUT2D eigenvalue weighted by Crippen LogP contribution is -2.56. The van der Waals surface area contributed by atoms with Crippen LogP contribution in [0.1, 0.15) is 39.4 Å². The standard InChI is InChI=1S/C30H34N2O8/c1-17-3-5-18(6-4-17)14-32(30(37)20-7-10-39-16-20)23-13-22(29(36)31-8-9-33)25-21-11-19(15-34)12-24(38-2)27(21)40-28(25)26(23)35/h3-6,11-13,15,20,23,25-26,28,33,35H,7-10,14,16H2,1-2H3,(H,31,36). The molecule has 0 radical (unpaired) electrons. The molecule has 212 valence electrons. The number of nitrogens with one attached hydrogen (secondary N) is 1. The van der Waals surface area contributed by atoms with E-state index in [-0.39, 0.29) is 37.1 Å². The zero-order valence-electron chi connectivity index (χ0n) is 22.5. The van der Waals surface area contributed by atoms with Gasteiger partial charge in [0.1, 0.15) is 18.5 Å². The highest BCUT2D eigenvalue weighted by atomic mass is 16.5. The summed E-state index contributed by atoms with van der Waals surface area (Å²) in [5.41, 5.74) is 3.11. The number of carbonyl (C=O) groups excluding carboxylic acids is 3. The highest BCUT2D eigenvalue weighted by Crippen LogP contribution is 2.51. The first-order valence-electron chi connectivity index (χ1n) is 13.4. The molecular weight excluding hydrogens is 516 g/mol. The van der Waals surface area contributed by atoms with Gasteiger partial charge in [0, 0.05) is 36.4 Å². The molecular formula is C30H34N2O8. The smallest absolute Gasteiger partial charge is 0.247 e. The van der Waals surface area contributed by atoms with Crippen LogP contribution in [-0.4, -0.2) is 84.9 Å². The largest absolute Gasteiger partial charge is 0.493 e. The van der Waals surface area contributed by atoms with Crippen LogP contribution in [0, 0.1) is 12.8 Å². The Morgan fingerprint density at radius 1 is 1.23 bits per heavy atom. The van der Waals surface area contributed by atoms with Gasteiger partial charge in [-0.3, -0.25) is 14.4 Å². The topological polar surface area (TPSA) is 135 Å². The highest BCUT2D eigenvalue weighted by Gasteiger charge is 2.52. The number of benzene rings is 2. The van der Waals surface area contributed by atoms with Gasteiger partial charge >= 0.3 is 0 Å². The van der Waals surface area contributed by atoms with Crippen LogP contribution in [0.15, 0.2) is 48.0 Å². The van der Waals surface area contributed by atoms with Crippen molar-refractivity contribution < 1.29 is 38.8 Å². The molecule has 40 heavy (non-hydrogen) atoms. The van der Waals surface area contributed by atoms with E-state index in [0.717, 1.165) is 11.1 Å². The summed E-state index contributed by atoms with van der Waals surface area (Å²) in [5.74, 6) is -1.08. The maximum absolute atomic E-state index is 13.9. The maximum Gasteiger partial charge on any atom is 0.247 e. The van der Waals surface area contributed by atoms with E-state index in [4.69, 9.17) is 14.2 Å². The second-order valence-corrected chi connectivity index (χ2v) is 10.4.